The van der Waals surface area contributed by atoms with Gasteiger partial charge in [-0.25, -0.2) is 0 Å². The van der Waals surface area contributed by atoms with Crippen molar-refractivity contribution in [1.82, 2.24) is 15.5 Å². The van der Waals surface area contributed by atoms with Gasteiger partial charge in [0.25, 0.3) is 0 Å². The van der Waals surface area contributed by atoms with E-state index in [1.165, 1.54) is 11.1 Å². The maximum atomic E-state index is 5.97. The van der Waals surface area contributed by atoms with Crippen LogP contribution in [0.3, 0.4) is 0 Å². The molecule has 0 spiro atoms. The van der Waals surface area contributed by atoms with Gasteiger partial charge in [-0.1, -0.05) is 17.7 Å². The smallest absolute Gasteiger partial charge is 0.191 e. The van der Waals surface area contributed by atoms with Gasteiger partial charge in [-0.2, -0.15) is 11.3 Å². The lowest BCUT2D eigenvalue weighted by Gasteiger charge is -2.33. The molecule has 1 aromatic heterocycles. The molecule has 1 fully saturated rings. The van der Waals surface area contributed by atoms with E-state index in [9.17, 15) is 0 Å². The van der Waals surface area contributed by atoms with E-state index in [1.807, 2.05) is 19.2 Å². The van der Waals surface area contributed by atoms with Gasteiger partial charge in [0.15, 0.2) is 5.96 Å². The fourth-order valence-electron chi connectivity index (χ4n) is 3.40. The van der Waals surface area contributed by atoms with Crippen molar-refractivity contribution in [2.45, 2.75) is 45.4 Å². The van der Waals surface area contributed by atoms with Crippen LogP contribution in [0.15, 0.2) is 46.1 Å². The Bertz CT molecular complexity index is 722. The molecule has 1 aromatic carbocycles. The summed E-state index contributed by atoms with van der Waals surface area (Å²) in [4.78, 5) is 6.91. The molecule has 152 valence electrons. The molecule has 6 heteroatoms. The number of hydrogen-bond acceptors (Lipinski definition) is 4. The maximum Gasteiger partial charge on any atom is 0.191 e. The Balaban J connectivity index is 1.37. The topological polar surface area (TPSA) is 48.9 Å². The largest absolute Gasteiger partial charge is 0.489 e. The molecule has 0 saturated carbocycles. The third-order valence-corrected chi connectivity index (χ3v) is 5.79. The SMILES string of the molecule is CN=C(NCC(C)Oc1ccc(C)cc1)NC1CCN(Cc2ccsc2)CC1. The number of ether oxygens (including phenoxy) is 1. The first kappa shape index (κ1) is 20.7. The van der Waals surface area contributed by atoms with E-state index in [0.717, 1.165) is 44.2 Å². The molecule has 2 N–H and O–H groups in total. The molecular weight excluding hydrogens is 368 g/mol. The van der Waals surface area contributed by atoms with E-state index in [4.69, 9.17) is 4.74 Å². The second kappa shape index (κ2) is 10.5. The van der Waals surface area contributed by atoms with Crippen LogP contribution in [0, 0.1) is 6.92 Å². The van der Waals surface area contributed by atoms with E-state index < -0.39 is 0 Å². The van der Waals surface area contributed by atoms with E-state index in [1.54, 1.807) is 11.3 Å². The van der Waals surface area contributed by atoms with Gasteiger partial charge in [0, 0.05) is 32.7 Å². The lowest BCUT2D eigenvalue weighted by Crippen LogP contribution is -2.49. The Labute approximate surface area is 172 Å². The summed E-state index contributed by atoms with van der Waals surface area (Å²) in [6, 6.07) is 10.9. The van der Waals surface area contributed by atoms with Gasteiger partial charge in [0.1, 0.15) is 11.9 Å². The molecule has 0 aliphatic carbocycles. The minimum absolute atomic E-state index is 0.0636. The van der Waals surface area contributed by atoms with Crippen molar-refractivity contribution in [1.29, 1.82) is 0 Å². The molecule has 1 unspecified atom stereocenters. The number of nitrogens with one attached hydrogen (secondary N) is 2. The second-order valence-electron chi connectivity index (χ2n) is 7.52. The molecular formula is C22H32N4OS. The summed E-state index contributed by atoms with van der Waals surface area (Å²) < 4.78 is 5.97. The highest BCUT2D eigenvalue weighted by atomic mass is 32.1. The molecule has 0 bridgehead atoms. The first-order valence-corrected chi connectivity index (χ1v) is 11.0. The summed E-state index contributed by atoms with van der Waals surface area (Å²) in [5.41, 5.74) is 2.67. The summed E-state index contributed by atoms with van der Waals surface area (Å²) in [6.07, 6.45) is 2.34. The number of rotatable bonds is 7. The zero-order valence-electron chi connectivity index (χ0n) is 17.1. The standard InChI is InChI=1S/C22H32N4OS/c1-17-4-6-21(7-5-17)27-18(2)14-24-22(23-3)25-20-8-11-26(12-9-20)15-19-10-13-28-16-19/h4-7,10,13,16,18,20H,8-9,11-12,14-15H2,1-3H3,(H2,23,24,25). The lowest BCUT2D eigenvalue weighted by atomic mass is 10.0. The number of guanidine groups is 1. The van der Waals surface area contributed by atoms with Crippen molar-refractivity contribution < 1.29 is 4.74 Å². The second-order valence-corrected chi connectivity index (χ2v) is 8.30. The molecule has 2 aromatic rings. The predicted octanol–water partition coefficient (Wildman–Crippen LogP) is 3.65. The monoisotopic (exact) mass is 400 g/mol. The van der Waals surface area contributed by atoms with Crippen molar-refractivity contribution in [3.8, 4) is 5.75 Å². The molecule has 1 atom stereocenters. The first-order valence-electron chi connectivity index (χ1n) is 10.1. The number of aryl methyl sites for hydroxylation is 1. The highest BCUT2D eigenvalue weighted by Crippen LogP contribution is 2.16. The van der Waals surface area contributed by atoms with Gasteiger partial charge < -0.3 is 15.4 Å². The molecule has 3 rings (SSSR count). The molecule has 2 heterocycles. The maximum absolute atomic E-state index is 5.97. The highest BCUT2D eigenvalue weighted by molar-refractivity contribution is 7.07. The minimum Gasteiger partial charge on any atom is -0.489 e. The van der Waals surface area contributed by atoms with Crippen LogP contribution in [-0.4, -0.2) is 49.7 Å². The van der Waals surface area contributed by atoms with Gasteiger partial charge in [0.05, 0.1) is 6.54 Å². The lowest BCUT2D eigenvalue weighted by molar-refractivity contribution is 0.198. The number of nitrogens with zero attached hydrogens (tertiary/aromatic N) is 2. The molecule has 0 radical (unpaired) electrons. The third kappa shape index (κ3) is 6.53. The van der Waals surface area contributed by atoms with Gasteiger partial charge in [0.2, 0.25) is 0 Å². The van der Waals surface area contributed by atoms with Crippen LogP contribution >= 0.6 is 11.3 Å². The summed E-state index contributed by atoms with van der Waals surface area (Å²) in [5.74, 6) is 1.76. The number of hydrogen-bond donors (Lipinski definition) is 2. The molecule has 5 nitrogen and oxygen atoms in total. The van der Waals surface area contributed by atoms with Gasteiger partial charge in [-0.05, 0) is 61.2 Å². The Kier molecular flexibility index (Phi) is 7.74. The third-order valence-electron chi connectivity index (χ3n) is 5.05. The Morgan fingerprint density at radius 2 is 2.00 bits per heavy atom. The van der Waals surface area contributed by atoms with Crippen LogP contribution < -0.4 is 15.4 Å². The summed E-state index contributed by atoms with van der Waals surface area (Å²) in [7, 11) is 1.83. The zero-order chi connectivity index (χ0) is 19.8. The van der Waals surface area contributed by atoms with Crippen molar-refractivity contribution in [2.24, 2.45) is 4.99 Å². The average molecular weight is 401 g/mol. The van der Waals surface area contributed by atoms with Crippen LogP contribution in [0.1, 0.15) is 30.9 Å². The van der Waals surface area contributed by atoms with Gasteiger partial charge >= 0.3 is 0 Å². The first-order chi connectivity index (χ1) is 13.6. The average Bonchev–Trinajstić information content (AvgIpc) is 3.21. The number of benzene rings is 1. The molecule has 1 saturated heterocycles. The fourth-order valence-corrected chi connectivity index (χ4v) is 4.06. The van der Waals surface area contributed by atoms with E-state index >= 15 is 0 Å². The van der Waals surface area contributed by atoms with E-state index in [-0.39, 0.29) is 6.10 Å². The minimum atomic E-state index is 0.0636. The fraction of sp³-hybridized carbons (Fsp3) is 0.500. The van der Waals surface area contributed by atoms with Crippen molar-refractivity contribution >= 4 is 17.3 Å². The summed E-state index contributed by atoms with van der Waals surface area (Å²) in [5, 5.41) is 11.4. The Hall–Kier alpha value is -2.05. The number of piperidine rings is 1. The van der Waals surface area contributed by atoms with Crippen LogP contribution in [0.5, 0.6) is 5.75 Å². The van der Waals surface area contributed by atoms with Crippen LogP contribution in [-0.2, 0) is 6.54 Å². The van der Waals surface area contributed by atoms with Crippen LogP contribution in [0.25, 0.3) is 0 Å². The predicted molar refractivity (Wildman–Crippen MR) is 118 cm³/mol. The van der Waals surface area contributed by atoms with Gasteiger partial charge in [-0.15, -0.1) is 0 Å². The quantitative estimate of drug-likeness (QED) is 0.550. The Morgan fingerprint density at radius 3 is 2.64 bits per heavy atom. The molecule has 1 aliphatic rings. The molecule has 28 heavy (non-hydrogen) atoms. The zero-order valence-corrected chi connectivity index (χ0v) is 18.0. The highest BCUT2D eigenvalue weighted by Gasteiger charge is 2.20. The molecule has 0 amide bonds. The molecule has 1 aliphatic heterocycles. The Morgan fingerprint density at radius 1 is 1.25 bits per heavy atom. The van der Waals surface area contributed by atoms with E-state index in [2.05, 4.69) is 63.3 Å². The summed E-state index contributed by atoms with van der Waals surface area (Å²) >= 11 is 1.78. The number of thiophene rings is 1. The van der Waals surface area contributed by atoms with Crippen LogP contribution in [0.4, 0.5) is 0 Å². The van der Waals surface area contributed by atoms with Crippen molar-refractivity contribution in [2.75, 3.05) is 26.7 Å². The number of likely N-dealkylation sites (tertiary alicyclic amines) is 1. The number of aliphatic imine (C=N–C) groups is 1. The van der Waals surface area contributed by atoms with Crippen molar-refractivity contribution in [3.05, 3.63) is 52.2 Å². The van der Waals surface area contributed by atoms with Crippen LogP contribution in [0.2, 0.25) is 0 Å². The summed E-state index contributed by atoms with van der Waals surface area (Å²) in [6.45, 7) is 8.18. The van der Waals surface area contributed by atoms with E-state index in [0.29, 0.717) is 12.6 Å². The van der Waals surface area contributed by atoms with Gasteiger partial charge in [-0.3, -0.25) is 9.89 Å². The normalized spacial score (nSPS) is 17.3. The van der Waals surface area contributed by atoms with Crippen molar-refractivity contribution in [3.63, 3.8) is 0 Å².